The van der Waals surface area contributed by atoms with Gasteiger partial charge in [0.05, 0.1) is 19.3 Å². The molecular formula is C28H46N2O5Si2. The maximum absolute atomic E-state index is 13.3. The number of piperazine rings is 1. The summed E-state index contributed by atoms with van der Waals surface area (Å²) >= 11 is 0. The van der Waals surface area contributed by atoms with Gasteiger partial charge in [-0.05, 0) is 34.8 Å². The summed E-state index contributed by atoms with van der Waals surface area (Å²) in [4.78, 5) is 29.8. The fraction of sp³-hybridized carbons (Fsp3) is 0.643. The van der Waals surface area contributed by atoms with E-state index in [1.165, 1.54) is 4.90 Å². The molecule has 3 unspecified atom stereocenters. The predicted molar refractivity (Wildman–Crippen MR) is 151 cm³/mol. The van der Waals surface area contributed by atoms with Crippen LogP contribution >= 0.6 is 0 Å². The number of fused-ring (bicyclic) bond motifs is 1. The van der Waals surface area contributed by atoms with Gasteiger partial charge in [0.1, 0.15) is 12.1 Å². The third kappa shape index (κ3) is 5.44. The van der Waals surface area contributed by atoms with Crippen molar-refractivity contribution >= 4 is 28.9 Å². The SMILES string of the molecule is C=CCO[Si](O[Si](OCC(c1ccccc1)N1C(=O)C2C(C1=O)N2C)(C(C)C)C(C)C)(C(C)C)C(C)C. The third-order valence-electron chi connectivity index (χ3n) is 8.00. The fourth-order valence-electron chi connectivity index (χ4n) is 5.83. The van der Waals surface area contributed by atoms with Gasteiger partial charge in [0.25, 0.3) is 0 Å². The summed E-state index contributed by atoms with van der Waals surface area (Å²) in [5.74, 6) is -0.278. The highest BCUT2D eigenvalue weighted by molar-refractivity contribution is 6.83. The number of amides is 2. The van der Waals surface area contributed by atoms with Crippen LogP contribution in [-0.2, 0) is 22.6 Å². The van der Waals surface area contributed by atoms with E-state index >= 15 is 0 Å². The maximum atomic E-state index is 13.3. The van der Waals surface area contributed by atoms with Crippen molar-refractivity contribution in [3.63, 3.8) is 0 Å². The highest BCUT2D eigenvalue weighted by Crippen LogP contribution is 2.46. The molecule has 1 aromatic rings. The molecule has 0 aromatic heterocycles. The number of imide groups is 1. The second kappa shape index (κ2) is 11.6. The first-order valence-electron chi connectivity index (χ1n) is 13.6. The lowest BCUT2D eigenvalue weighted by atomic mass is 10.1. The molecule has 2 heterocycles. The van der Waals surface area contributed by atoms with Crippen LogP contribution in [0.1, 0.15) is 67.0 Å². The minimum absolute atomic E-state index is 0.130. The number of carbonyl (C=O) groups is 2. The van der Waals surface area contributed by atoms with E-state index in [2.05, 4.69) is 62.0 Å². The highest BCUT2D eigenvalue weighted by atomic mass is 28.5. The van der Waals surface area contributed by atoms with Crippen LogP contribution in [0.25, 0.3) is 0 Å². The minimum Gasteiger partial charge on any atom is -0.414 e. The summed E-state index contributed by atoms with van der Waals surface area (Å²) in [5, 5.41) is 0. The van der Waals surface area contributed by atoms with Crippen molar-refractivity contribution in [1.82, 2.24) is 9.80 Å². The number of likely N-dealkylation sites (N-methyl/N-ethyl adjacent to an activating group) is 1. The Morgan fingerprint density at radius 2 is 1.30 bits per heavy atom. The monoisotopic (exact) mass is 546 g/mol. The third-order valence-corrected chi connectivity index (χ3v) is 18.2. The molecule has 1 aromatic carbocycles. The largest absolute Gasteiger partial charge is 0.414 e. The van der Waals surface area contributed by atoms with Crippen LogP contribution in [0.4, 0.5) is 0 Å². The molecule has 2 fully saturated rings. The summed E-state index contributed by atoms with van der Waals surface area (Å²) in [7, 11) is -3.85. The molecule has 0 N–H and O–H groups in total. The van der Waals surface area contributed by atoms with E-state index in [9.17, 15) is 9.59 Å². The van der Waals surface area contributed by atoms with Crippen LogP contribution < -0.4 is 0 Å². The molecule has 0 radical (unpaired) electrons. The van der Waals surface area contributed by atoms with E-state index in [0.717, 1.165) is 5.56 Å². The Kier molecular flexibility index (Phi) is 9.41. The fourth-order valence-corrected chi connectivity index (χ4v) is 16.9. The minimum atomic E-state index is -2.93. The Balaban J connectivity index is 1.99. The summed E-state index contributed by atoms with van der Waals surface area (Å²) in [5.41, 5.74) is 1.56. The van der Waals surface area contributed by atoms with E-state index in [1.807, 2.05) is 42.3 Å². The van der Waals surface area contributed by atoms with Gasteiger partial charge in [0.2, 0.25) is 11.8 Å². The lowest BCUT2D eigenvalue weighted by molar-refractivity contribution is -0.146. The number of likely N-dealkylation sites (tertiary alicyclic amines) is 1. The number of hydrogen-bond acceptors (Lipinski definition) is 6. The van der Waals surface area contributed by atoms with Crippen molar-refractivity contribution in [3.8, 4) is 0 Å². The number of rotatable bonds is 14. The molecule has 0 bridgehead atoms. The van der Waals surface area contributed by atoms with Gasteiger partial charge >= 0.3 is 17.1 Å². The average Bonchev–Trinajstić information content (AvgIpc) is 3.44. The normalized spacial score (nSPS) is 22.9. The molecule has 2 saturated heterocycles. The van der Waals surface area contributed by atoms with Crippen molar-refractivity contribution < 1.29 is 22.6 Å². The van der Waals surface area contributed by atoms with Crippen LogP contribution in [0.15, 0.2) is 43.0 Å². The molecule has 7 nitrogen and oxygen atoms in total. The second-order valence-electron chi connectivity index (χ2n) is 11.6. The summed E-state index contributed by atoms with van der Waals surface area (Å²) in [6, 6.07) is 8.54. The first kappa shape index (κ1) is 29.9. The zero-order chi connectivity index (χ0) is 27.7. The van der Waals surface area contributed by atoms with Crippen molar-refractivity contribution in [1.29, 1.82) is 0 Å². The summed E-state index contributed by atoms with van der Waals surface area (Å²) < 4.78 is 20.8. The van der Waals surface area contributed by atoms with Crippen molar-refractivity contribution in [2.45, 2.75) is 95.7 Å². The van der Waals surface area contributed by atoms with Crippen LogP contribution in [-0.4, -0.2) is 71.1 Å². The van der Waals surface area contributed by atoms with E-state index in [-0.39, 0.29) is 52.7 Å². The van der Waals surface area contributed by atoms with Gasteiger partial charge in [0.15, 0.2) is 0 Å². The van der Waals surface area contributed by atoms with Crippen LogP contribution in [0.5, 0.6) is 0 Å². The number of hydrogen-bond donors (Lipinski definition) is 0. The molecule has 0 aliphatic carbocycles. The van der Waals surface area contributed by atoms with E-state index in [4.69, 9.17) is 13.0 Å². The number of benzene rings is 1. The van der Waals surface area contributed by atoms with Crippen LogP contribution in [0.2, 0.25) is 22.2 Å². The predicted octanol–water partition coefficient (Wildman–Crippen LogP) is 5.54. The van der Waals surface area contributed by atoms with E-state index in [0.29, 0.717) is 6.61 Å². The summed E-state index contributed by atoms with van der Waals surface area (Å²) in [6.45, 7) is 21.8. The molecule has 0 spiro atoms. The molecule has 2 aliphatic heterocycles. The zero-order valence-electron chi connectivity index (χ0n) is 24.1. The Morgan fingerprint density at radius 3 is 1.73 bits per heavy atom. The molecule has 37 heavy (non-hydrogen) atoms. The Labute approximate surface area is 225 Å². The number of nitrogens with zero attached hydrogens (tertiary/aromatic N) is 2. The highest BCUT2D eigenvalue weighted by Gasteiger charge is 2.65. The Bertz CT molecular complexity index is 931. The Morgan fingerprint density at radius 1 is 0.838 bits per heavy atom. The standard InChI is InChI=1S/C28H46N2O5Si2/c1-11-17-33-36(19(2)3,20(4)5)35-37(21(6)7,22(8)9)34-18-24(23-15-13-12-14-16-23)30-27(31)25-26(28(30)32)29(25)10/h11-16,19-22,24-26H,1,17-18H2,2-10H3. The quantitative estimate of drug-likeness (QED) is 0.132. The van der Waals surface area contributed by atoms with Gasteiger partial charge in [-0.1, -0.05) is 91.8 Å². The lowest BCUT2D eigenvalue weighted by Gasteiger charge is -2.48. The van der Waals surface area contributed by atoms with Gasteiger partial charge in [-0.25, -0.2) is 0 Å². The van der Waals surface area contributed by atoms with Crippen LogP contribution in [0, 0.1) is 0 Å². The first-order chi connectivity index (χ1) is 17.4. The zero-order valence-corrected chi connectivity index (χ0v) is 26.1. The average molecular weight is 547 g/mol. The van der Waals surface area contributed by atoms with E-state index < -0.39 is 23.2 Å². The topological polar surface area (TPSA) is 68.1 Å². The second-order valence-corrected chi connectivity index (χ2v) is 20.5. The molecule has 0 saturated carbocycles. The van der Waals surface area contributed by atoms with Gasteiger partial charge in [-0.2, -0.15) is 0 Å². The lowest BCUT2D eigenvalue weighted by Crippen LogP contribution is -2.61. The van der Waals surface area contributed by atoms with Gasteiger partial charge in [-0.15, -0.1) is 6.58 Å². The van der Waals surface area contributed by atoms with Gasteiger partial charge < -0.3 is 13.0 Å². The molecule has 206 valence electrons. The molecule has 3 atom stereocenters. The molecular weight excluding hydrogens is 500 g/mol. The molecule has 2 amide bonds. The van der Waals surface area contributed by atoms with Crippen molar-refractivity contribution in [2.24, 2.45) is 0 Å². The maximum Gasteiger partial charge on any atom is 0.334 e. The molecule has 3 rings (SSSR count). The van der Waals surface area contributed by atoms with E-state index in [1.54, 1.807) is 6.08 Å². The molecule has 2 aliphatic rings. The summed E-state index contributed by atoms with van der Waals surface area (Å²) in [6.07, 6.45) is 1.78. The van der Waals surface area contributed by atoms with Crippen molar-refractivity contribution in [2.75, 3.05) is 20.3 Å². The van der Waals surface area contributed by atoms with Gasteiger partial charge in [0, 0.05) is 0 Å². The molecule has 9 heteroatoms. The van der Waals surface area contributed by atoms with Crippen LogP contribution in [0.3, 0.4) is 0 Å². The number of carbonyl (C=O) groups excluding carboxylic acids is 2. The smallest absolute Gasteiger partial charge is 0.334 e. The van der Waals surface area contributed by atoms with Crippen molar-refractivity contribution in [3.05, 3.63) is 48.6 Å². The van der Waals surface area contributed by atoms with Gasteiger partial charge in [-0.3, -0.25) is 19.4 Å². The first-order valence-corrected chi connectivity index (χ1v) is 17.5. The Hall–Kier alpha value is -1.63.